The van der Waals surface area contributed by atoms with Crippen LogP contribution in [0.2, 0.25) is 0 Å². The third kappa shape index (κ3) is 3.42. The van der Waals surface area contributed by atoms with Crippen molar-refractivity contribution >= 4 is 5.97 Å². The number of hydrogen-bond acceptors (Lipinski definition) is 3. The molecule has 1 aromatic heterocycles. The monoisotopic (exact) mass is 236 g/mol. The lowest BCUT2D eigenvalue weighted by molar-refractivity contribution is -0.138. The smallest absolute Gasteiger partial charge is 0.317 e. The summed E-state index contributed by atoms with van der Waals surface area (Å²) in [5.41, 5.74) is -0.0430. The van der Waals surface area contributed by atoms with Crippen LogP contribution >= 0.6 is 0 Å². The molecule has 1 aliphatic rings. The highest BCUT2D eigenvalue weighted by Crippen LogP contribution is 2.26. The molecule has 1 aromatic rings. The first-order valence-electron chi connectivity index (χ1n) is 5.78. The van der Waals surface area contributed by atoms with Crippen molar-refractivity contribution in [3.63, 3.8) is 0 Å². The molecule has 1 fully saturated rings. The van der Waals surface area contributed by atoms with Crippen LogP contribution in [-0.4, -0.2) is 39.7 Å². The minimum absolute atomic E-state index is 0.0430. The average molecular weight is 236 g/mol. The molecular weight excluding hydrogens is 220 g/mol. The standard InChI is InChI=1S/C12H16N2O3/c15-11-3-1-2-6-13(11)7-8-14(9-12(16)17)10-4-5-10/h1-3,6,10H,4-5,7-9H2,(H,16,17). The molecule has 2 rings (SSSR count). The summed E-state index contributed by atoms with van der Waals surface area (Å²) in [6.45, 7) is 1.22. The molecule has 0 radical (unpaired) electrons. The zero-order valence-electron chi connectivity index (χ0n) is 9.58. The molecule has 1 saturated carbocycles. The van der Waals surface area contributed by atoms with E-state index in [1.807, 2.05) is 4.90 Å². The molecule has 5 nitrogen and oxygen atoms in total. The number of rotatable bonds is 6. The molecule has 0 unspecified atom stereocenters. The molecule has 1 aliphatic carbocycles. The Morgan fingerprint density at radius 3 is 2.82 bits per heavy atom. The molecule has 17 heavy (non-hydrogen) atoms. The van der Waals surface area contributed by atoms with E-state index in [0.717, 1.165) is 12.8 Å². The fourth-order valence-corrected chi connectivity index (χ4v) is 1.89. The van der Waals surface area contributed by atoms with Gasteiger partial charge in [0.2, 0.25) is 0 Å². The maximum atomic E-state index is 11.5. The van der Waals surface area contributed by atoms with Gasteiger partial charge in [0.25, 0.3) is 5.56 Å². The van der Waals surface area contributed by atoms with Gasteiger partial charge < -0.3 is 9.67 Å². The van der Waals surface area contributed by atoms with E-state index in [0.29, 0.717) is 19.1 Å². The summed E-state index contributed by atoms with van der Waals surface area (Å²) in [5.74, 6) is -0.808. The van der Waals surface area contributed by atoms with E-state index in [4.69, 9.17) is 5.11 Å². The number of nitrogens with zero attached hydrogens (tertiary/aromatic N) is 2. The minimum atomic E-state index is -0.808. The van der Waals surface area contributed by atoms with Gasteiger partial charge in [0, 0.05) is 31.4 Å². The van der Waals surface area contributed by atoms with Gasteiger partial charge in [-0.1, -0.05) is 6.07 Å². The highest BCUT2D eigenvalue weighted by atomic mass is 16.4. The number of carboxylic acids is 1. The van der Waals surface area contributed by atoms with Crippen LogP contribution in [0.25, 0.3) is 0 Å². The Morgan fingerprint density at radius 1 is 1.47 bits per heavy atom. The third-order valence-corrected chi connectivity index (χ3v) is 2.93. The molecule has 0 aliphatic heterocycles. The van der Waals surface area contributed by atoms with Gasteiger partial charge in [0.05, 0.1) is 6.54 Å². The van der Waals surface area contributed by atoms with Crippen molar-refractivity contribution in [1.82, 2.24) is 9.47 Å². The van der Waals surface area contributed by atoms with Crippen LogP contribution in [0.3, 0.4) is 0 Å². The van der Waals surface area contributed by atoms with E-state index >= 15 is 0 Å². The second kappa shape index (κ2) is 5.14. The molecule has 0 aromatic carbocycles. The molecule has 1 N–H and O–H groups in total. The number of carboxylic acid groups (broad SMARTS) is 1. The van der Waals surface area contributed by atoms with E-state index in [1.54, 1.807) is 22.9 Å². The fourth-order valence-electron chi connectivity index (χ4n) is 1.89. The average Bonchev–Trinajstić information content (AvgIpc) is 3.09. The van der Waals surface area contributed by atoms with Gasteiger partial charge in [0.1, 0.15) is 0 Å². The van der Waals surface area contributed by atoms with Crippen LogP contribution in [0.1, 0.15) is 12.8 Å². The summed E-state index contributed by atoms with van der Waals surface area (Å²) in [7, 11) is 0. The summed E-state index contributed by atoms with van der Waals surface area (Å²) >= 11 is 0. The maximum absolute atomic E-state index is 11.5. The van der Waals surface area contributed by atoms with Crippen molar-refractivity contribution < 1.29 is 9.90 Å². The van der Waals surface area contributed by atoms with Crippen LogP contribution in [0.4, 0.5) is 0 Å². The lowest BCUT2D eigenvalue weighted by Gasteiger charge is -2.19. The van der Waals surface area contributed by atoms with Crippen molar-refractivity contribution in [3.8, 4) is 0 Å². The highest BCUT2D eigenvalue weighted by Gasteiger charge is 2.29. The predicted molar refractivity (Wildman–Crippen MR) is 62.9 cm³/mol. The number of carbonyl (C=O) groups is 1. The van der Waals surface area contributed by atoms with Gasteiger partial charge in [-0.15, -0.1) is 0 Å². The Hall–Kier alpha value is -1.62. The van der Waals surface area contributed by atoms with Gasteiger partial charge in [-0.25, -0.2) is 0 Å². The van der Waals surface area contributed by atoms with Gasteiger partial charge in [-0.05, 0) is 18.9 Å². The van der Waals surface area contributed by atoms with Crippen LogP contribution in [0.15, 0.2) is 29.2 Å². The zero-order valence-corrected chi connectivity index (χ0v) is 9.58. The summed E-state index contributed by atoms with van der Waals surface area (Å²) < 4.78 is 1.61. The first-order chi connectivity index (χ1) is 8.16. The molecule has 92 valence electrons. The van der Waals surface area contributed by atoms with Crippen molar-refractivity contribution in [1.29, 1.82) is 0 Å². The van der Waals surface area contributed by atoms with E-state index in [-0.39, 0.29) is 12.1 Å². The number of pyridine rings is 1. The topological polar surface area (TPSA) is 62.5 Å². The van der Waals surface area contributed by atoms with Crippen LogP contribution in [-0.2, 0) is 11.3 Å². The Morgan fingerprint density at radius 2 is 2.24 bits per heavy atom. The second-order valence-corrected chi connectivity index (χ2v) is 4.33. The number of aromatic nitrogens is 1. The molecule has 1 heterocycles. The van der Waals surface area contributed by atoms with Crippen molar-refractivity contribution in [3.05, 3.63) is 34.7 Å². The Balaban J connectivity index is 1.93. The van der Waals surface area contributed by atoms with Gasteiger partial charge in [-0.2, -0.15) is 0 Å². The number of aliphatic carboxylic acids is 1. The second-order valence-electron chi connectivity index (χ2n) is 4.33. The van der Waals surface area contributed by atoms with Crippen LogP contribution < -0.4 is 5.56 Å². The van der Waals surface area contributed by atoms with E-state index in [2.05, 4.69) is 0 Å². The van der Waals surface area contributed by atoms with Gasteiger partial charge in [0.15, 0.2) is 0 Å². The van der Waals surface area contributed by atoms with E-state index in [1.165, 1.54) is 6.07 Å². The van der Waals surface area contributed by atoms with Crippen LogP contribution in [0.5, 0.6) is 0 Å². The van der Waals surface area contributed by atoms with Gasteiger partial charge in [-0.3, -0.25) is 14.5 Å². The lowest BCUT2D eigenvalue weighted by Crippen LogP contribution is -2.36. The SMILES string of the molecule is O=C(O)CN(CCn1ccccc1=O)C1CC1. The Bertz CT molecular complexity index is 451. The quantitative estimate of drug-likeness (QED) is 0.776. The Kier molecular flexibility index (Phi) is 3.58. The molecule has 0 amide bonds. The third-order valence-electron chi connectivity index (χ3n) is 2.93. The van der Waals surface area contributed by atoms with E-state index in [9.17, 15) is 9.59 Å². The lowest BCUT2D eigenvalue weighted by atomic mass is 10.4. The molecule has 0 bridgehead atoms. The van der Waals surface area contributed by atoms with Crippen LogP contribution in [0, 0.1) is 0 Å². The molecule has 0 atom stereocenters. The summed E-state index contributed by atoms with van der Waals surface area (Å²) in [4.78, 5) is 24.1. The van der Waals surface area contributed by atoms with Gasteiger partial charge >= 0.3 is 5.97 Å². The van der Waals surface area contributed by atoms with Crippen molar-refractivity contribution in [2.45, 2.75) is 25.4 Å². The Labute approximate surface area is 99.3 Å². The predicted octanol–water partition coefficient (Wildman–Crippen LogP) is 0.397. The molecule has 5 heteroatoms. The summed E-state index contributed by atoms with van der Waals surface area (Å²) in [6.07, 6.45) is 3.86. The minimum Gasteiger partial charge on any atom is -0.480 e. The molecule has 0 spiro atoms. The number of hydrogen-bond donors (Lipinski definition) is 1. The summed E-state index contributed by atoms with van der Waals surface area (Å²) in [6, 6.07) is 5.42. The van der Waals surface area contributed by atoms with E-state index < -0.39 is 5.97 Å². The largest absolute Gasteiger partial charge is 0.480 e. The first-order valence-corrected chi connectivity index (χ1v) is 5.78. The molecule has 0 saturated heterocycles. The van der Waals surface area contributed by atoms with Crippen molar-refractivity contribution in [2.24, 2.45) is 0 Å². The molecular formula is C12H16N2O3. The summed E-state index contributed by atoms with van der Waals surface area (Å²) in [5, 5.41) is 8.80. The zero-order chi connectivity index (χ0) is 12.3. The van der Waals surface area contributed by atoms with Crippen molar-refractivity contribution in [2.75, 3.05) is 13.1 Å². The first kappa shape index (κ1) is 11.9. The highest BCUT2D eigenvalue weighted by molar-refractivity contribution is 5.69. The normalized spacial score (nSPS) is 15.1. The maximum Gasteiger partial charge on any atom is 0.317 e. The fraction of sp³-hybridized carbons (Fsp3) is 0.500.